The van der Waals surface area contributed by atoms with Gasteiger partial charge in [0.05, 0.1) is 0 Å². The van der Waals surface area contributed by atoms with E-state index in [1.807, 2.05) is 29.5 Å². The first-order valence-corrected chi connectivity index (χ1v) is 10.2. The first kappa shape index (κ1) is 21.2. The van der Waals surface area contributed by atoms with Gasteiger partial charge < -0.3 is 21.4 Å². The maximum Gasteiger partial charge on any atom is 0.351 e. The second kappa shape index (κ2) is 8.99. The molecule has 2 atom stereocenters. The number of carbonyl (C=O) groups is 1. The van der Waals surface area contributed by atoms with Gasteiger partial charge in [0.25, 0.3) is 0 Å². The number of nitrogens with zero attached hydrogens (tertiary/aromatic N) is 2. The van der Waals surface area contributed by atoms with Gasteiger partial charge in [-0.3, -0.25) is 0 Å². The van der Waals surface area contributed by atoms with Gasteiger partial charge in [0.2, 0.25) is 5.82 Å². The highest BCUT2D eigenvalue weighted by molar-refractivity contribution is 5.91. The molecule has 1 aliphatic carbocycles. The van der Waals surface area contributed by atoms with Gasteiger partial charge in [0.1, 0.15) is 17.6 Å². The van der Waals surface area contributed by atoms with Crippen molar-refractivity contribution in [2.24, 2.45) is 11.7 Å². The van der Waals surface area contributed by atoms with E-state index in [0.717, 1.165) is 16.8 Å². The molecule has 0 bridgehead atoms. The van der Waals surface area contributed by atoms with E-state index in [4.69, 9.17) is 11.1 Å². The molecule has 6 N–H and O–H groups in total. The normalized spacial score (nSPS) is 22.2. The molecule has 0 saturated carbocycles. The van der Waals surface area contributed by atoms with Crippen LogP contribution in [0.5, 0.6) is 0 Å². The van der Waals surface area contributed by atoms with Gasteiger partial charge in [-0.25, -0.2) is 19.5 Å². The van der Waals surface area contributed by atoms with E-state index in [1.165, 1.54) is 23.8 Å². The molecule has 4 rings (SSSR count). The SMILES string of the molecule is C=Cc1ccc([NH2+]C(=O)C2=CCC(C3=CNC4C=CC(C(C=N)=CN)=CN34)C=C2F)nc1. The van der Waals surface area contributed by atoms with Crippen LogP contribution in [0.2, 0.25) is 0 Å². The fourth-order valence-corrected chi connectivity index (χ4v) is 3.81. The summed E-state index contributed by atoms with van der Waals surface area (Å²) in [7, 11) is 0. The molecular formula is C24H24FN6O+. The Hall–Kier alpha value is -4.04. The van der Waals surface area contributed by atoms with Crippen molar-refractivity contribution in [2.45, 2.75) is 12.6 Å². The maximum atomic E-state index is 14.9. The number of pyridine rings is 1. The number of nitrogens with one attached hydrogen (secondary N) is 2. The zero-order valence-electron chi connectivity index (χ0n) is 17.3. The third-order valence-corrected chi connectivity index (χ3v) is 5.55. The molecule has 8 heteroatoms. The van der Waals surface area contributed by atoms with Crippen molar-refractivity contribution in [3.8, 4) is 0 Å². The van der Waals surface area contributed by atoms with Crippen molar-refractivity contribution in [3.63, 3.8) is 0 Å². The fourth-order valence-electron chi connectivity index (χ4n) is 3.81. The highest BCUT2D eigenvalue weighted by atomic mass is 19.1. The molecule has 0 radical (unpaired) electrons. The molecule has 1 aromatic rings. The summed E-state index contributed by atoms with van der Waals surface area (Å²) in [5.74, 6) is -0.731. The summed E-state index contributed by atoms with van der Waals surface area (Å²) in [5, 5.41) is 12.1. The Kier molecular flexibility index (Phi) is 5.96. The van der Waals surface area contributed by atoms with Crippen LogP contribution in [0.1, 0.15) is 12.0 Å². The minimum Gasteiger partial charge on any atom is -0.404 e. The first-order chi connectivity index (χ1) is 15.5. The Labute approximate surface area is 185 Å². The first-order valence-electron chi connectivity index (χ1n) is 10.2. The monoisotopic (exact) mass is 431 g/mol. The average Bonchev–Trinajstić information content (AvgIpc) is 3.23. The van der Waals surface area contributed by atoms with Crippen LogP contribution < -0.4 is 16.4 Å². The van der Waals surface area contributed by atoms with E-state index >= 15 is 0 Å². The van der Waals surface area contributed by atoms with E-state index in [1.54, 1.807) is 30.5 Å². The van der Waals surface area contributed by atoms with E-state index in [-0.39, 0.29) is 17.7 Å². The van der Waals surface area contributed by atoms with E-state index < -0.39 is 11.7 Å². The van der Waals surface area contributed by atoms with Gasteiger partial charge in [0, 0.05) is 59.8 Å². The Bertz CT molecular complexity index is 1140. The van der Waals surface area contributed by atoms with Crippen molar-refractivity contribution in [1.29, 1.82) is 5.41 Å². The lowest BCUT2D eigenvalue weighted by atomic mass is 9.92. The van der Waals surface area contributed by atoms with Crippen molar-refractivity contribution in [1.82, 2.24) is 15.2 Å². The number of quaternary nitrogens is 1. The van der Waals surface area contributed by atoms with E-state index in [2.05, 4.69) is 16.9 Å². The standard InChI is InChI=1S/C24H23FN6O/c1-2-15-3-7-22(28-12-15)30-24(32)19-6-4-16(9-20(19)25)21-13-29-23-8-5-17(14-31(21)23)18(10-26)11-27/h2-3,5-14,16,23,26,29H,1,4,27H2,(H,28,30,32)/p+1. The molecule has 2 aliphatic heterocycles. The molecule has 1 aromatic heterocycles. The minimum absolute atomic E-state index is 0.0471. The third kappa shape index (κ3) is 4.08. The number of aromatic nitrogens is 1. The quantitative estimate of drug-likeness (QED) is 0.517. The van der Waals surface area contributed by atoms with Crippen molar-refractivity contribution >= 4 is 24.0 Å². The van der Waals surface area contributed by atoms with Crippen LogP contribution in [0.4, 0.5) is 10.2 Å². The zero-order valence-corrected chi connectivity index (χ0v) is 17.3. The smallest absolute Gasteiger partial charge is 0.351 e. The lowest BCUT2D eigenvalue weighted by Gasteiger charge is -2.31. The van der Waals surface area contributed by atoms with Crippen LogP contribution in [0.25, 0.3) is 6.08 Å². The minimum atomic E-state index is -0.548. The summed E-state index contributed by atoms with van der Waals surface area (Å²) >= 11 is 0. The predicted molar refractivity (Wildman–Crippen MR) is 121 cm³/mol. The van der Waals surface area contributed by atoms with Crippen LogP contribution in [0, 0.1) is 11.3 Å². The van der Waals surface area contributed by atoms with Crippen LogP contribution in [0.15, 0.2) is 96.1 Å². The number of halogens is 1. The van der Waals surface area contributed by atoms with Crippen LogP contribution in [-0.2, 0) is 4.79 Å². The third-order valence-electron chi connectivity index (χ3n) is 5.55. The number of fused-ring (bicyclic) bond motifs is 1. The van der Waals surface area contributed by atoms with E-state index in [0.29, 0.717) is 17.8 Å². The number of nitrogens with two attached hydrogens (primary N) is 2. The second-order valence-corrected chi connectivity index (χ2v) is 7.50. The largest absolute Gasteiger partial charge is 0.404 e. The summed E-state index contributed by atoms with van der Waals surface area (Å²) < 4.78 is 14.9. The van der Waals surface area contributed by atoms with Gasteiger partial charge in [-0.2, -0.15) is 0 Å². The van der Waals surface area contributed by atoms with Crippen LogP contribution in [-0.4, -0.2) is 28.2 Å². The van der Waals surface area contributed by atoms with Crippen molar-refractivity contribution in [2.75, 3.05) is 0 Å². The van der Waals surface area contributed by atoms with Crippen molar-refractivity contribution in [3.05, 3.63) is 102 Å². The lowest BCUT2D eigenvalue weighted by Crippen LogP contribution is -2.83. The van der Waals surface area contributed by atoms with Gasteiger partial charge >= 0.3 is 5.91 Å². The average molecular weight is 431 g/mol. The topological polar surface area (TPSA) is 112 Å². The summed E-state index contributed by atoms with van der Waals surface area (Å²) in [6.45, 7) is 3.67. The maximum absolute atomic E-state index is 14.9. The molecule has 3 heterocycles. The molecule has 0 fully saturated rings. The molecular weight excluding hydrogens is 407 g/mol. The number of hydrogen-bond acceptors (Lipinski definition) is 6. The van der Waals surface area contributed by atoms with Gasteiger partial charge in [-0.05, 0) is 30.2 Å². The Morgan fingerprint density at radius 1 is 1.44 bits per heavy atom. The lowest BCUT2D eigenvalue weighted by molar-refractivity contribution is -0.483. The number of hydrogen-bond donors (Lipinski definition) is 4. The predicted octanol–water partition coefficient (Wildman–Crippen LogP) is 2.26. The van der Waals surface area contributed by atoms with Crippen LogP contribution in [0.3, 0.4) is 0 Å². The Balaban J connectivity index is 1.47. The van der Waals surface area contributed by atoms with E-state index in [9.17, 15) is 9.18 Å². The molecule has 2 unspecified atom stereocenters. The molecule has 3 aliphatic rings. The zero-order chi connectivity index (χ0) is 22.7. The molecule has 162 valence electrons. The molecule has 0 spiro atoms. The number of allylic oxidation sites excluding steroid dienone is 5. The Morgan fingerprint density at radius 2 is 2.28 bits per heavy atom. The summed E-state index contributed by atoms with van der Waals surface area (Å²) in [5.41, 5.74) is 8.77. The molecule has 7 nitrogen and oxygen atoms in total. The number of amides is 1. The summed E-state index contributed by atoms with van der Waals surface area (Å²) in [6, 6.07) is 3.50. The van der Waals surface area contributed by atoms with Gasteiger partial charge in [-0.15, -0.1) is 0 Å². The summed E-state index contributed by atoms with van der Waals surface area (Å²) in [6.07, 6.45) is 17.0. The number of primary amides is 1. The summed E-state index contributed by atoms with van der Waals surface area (Å²) in [4.78, 5) is 18.8. The van der Waals surface area contributed by atoms with Gasteiger partial charge in [-0.1, -0.05) is 24.8 Å². The molecule has 0 aromatic carbocycles. The number of rotatable bonds is 6. The Morgan fingerprint density at radius 3 is 2.94 bits per heavy atom. The van der Waals surface area contributed by atoms with Gasteiger partial charge in [0.15, 0.2) is 0 Å². The molecule has 0 saturated heterocycles. The number of carbonyl (C=O) groups excluding carboxylic acids is 1. The second-order valence-electron chi connectivity index (χ2n) is 7.50. The molecule has 32 heavy (non-hydrogen) atoms. The van der Waals surface area contributed by atoms with Crippen LogP contribution >= 0.6 is 0 Å². The highest BCUT2D eigenvalue weighted by Gasteiger charge is 2.33. The van der Waals surface area contributed by atoms with Crippen molar-refractivity contribution < 1.29 is 14.5 Å². The fraction of sp³-hybridized carbons (Fsp3) is 0.125. The molecule has 1 amide bonds. The highest BCUT2D eigenvalue weighted by Crippen LogP contribution is 2.35.